The van der Waals surface area contributed by atoms with E-state index in [2.05, 4.69) is 29.1 Å². The monoisotopic (exact) mass is 206 g/mol. The van der Waals surface area contributed by atoms with E-state index in [1.165, 1.54) is 19.2 Å². The number of hydrogen-bond donors (Lipinski definition) is 2. The van der Waals surface area contributed by atoms with Crippen LogP contribution in [0.15, 0.2) is 12.4 Å². The van der Waals surface area contributed by atoms with Crippen molar-refractivity contribution in [1.82, 2.24) is 9.97 Å². The molecule has 0 aliphatic heterocycles. The van der Waals surface area contributed by atoms with E-state index in [0.29, 0.717) is 17.8 Å². The lowest BCUT2D eigenvalue weighted by molar-refractivity contribution is 0.435. The van der Waals surface area contributed by atoms with Crippen LogP contribution in [0.4, 0.5) is 11.6 Å². The van der Waals surface area contributed by atoms with Gasteiger partial charge in [0, 0.05) is 12.1 Å². The molecular weight excluding hydrogens is 188 g/mol. The molecule has 1 fully saturated rings. The first-order valence-corrected chi connectivity index (χ1v) is 5.51. The highest BCUT2D eigenvalue weighted by molar-refractivity contribution is 5.44. The van der Waals surface area contributed by atoms with Crippen molar-refractivity contribution in [3.8, 4) is 0 Å². The fourth-order valence-corrected chi connectivity index (χ4v) is 2.21. The van der Waals surface area contributed by atoms with Gasteiger partial charge in [0.25, 0.3) is 0 Å². The Bertz CT molecular complexity index is 339. The number of nitrogen functional groups attached to an aromatic ring is 1. The van der Waals surface area contributed by atoms with Crippen LogP contribution in [0.1, 0.15) is 26.7 Å². The Morgan fingerprint density at radius 3 is 2.73 bits per heavy atom. The molecule has 15 heavy (non-hydrogen) atoms. The quantitative estimate of drug-likeness (QED) is 0.775. The van der Waals surface area contributed by atoms with E-state index in [1.54, 1.807) is 6.07 Å². The van der Waals surface area contributed by atoms with Crippen LogP contribution in [0.3, 0.4) is 0 Å². The summed E-state index contributed by atoms with van der Waals surface area (Å²) in [4.78, 5) is 8.04. The molecule has 0 radical (unpaired) electrons. The van der Waals surface area contributed by atoms with Gasteiger partial charge in [-0.25, -0.2) is 9.97 Å². The van der Waals surface area contributed by atoms with E-state index in [9.17, 15) is 0 Å². The molecule has 1 aliphatic carbocycles. The van der Waals surface area contributed by atoms with Gasteiger partial charge in [0.1, 0.15) is 18.0 Å². The molecule has 3 atom stereocenters. The van der Waals surface area contributed by atoms with Crippen molar-refractivity contribution in [3.63, 3.8) is 0 Å². The normalized spacial score (nSPS) is 30.4. The molecule has 1 aromatic rings. The largest absolute Gasteiger partial charge is 0.384 e. The topological polar surface area (TPSA) is 63.8 Å². The first kappa shape index (κ1) is 10.2. The first-order chi connectivity index (χ1) is 7.16. The molecule has 0 aromatic carbocycles. The molecular formula is C11H18N4. The van der Waals surface area contributed by atoms with Crippen molar-refractivity contribution in [1.29, 1.82) is 0 Å². The Kier molecular flexibility index (Phi) is 2.75. The molecule has 3 unspecified atom stereocenters. The van der Waals surface area contributed by atoms with E-state index in [4.69, 9.17) is 5.73 Å². The lowest BCUT2D eigenvalue weighted by atomic mass is 9.98. The minimum absolute atomic E-state index is 0.520. The van der Waals surface area contributed by atoms with E-state index < -0.39 is 0 Å². The van der Waals surface area contributed by atoms with Crippen molar-refractivity contribution < 1.29 is 0 Å². The molecule has 0 amide bonds. The molecule has 0 saturated heterocycles. The van der Waals surface area contributed by atoms with Gasteiger partial charge in [-0.1, -0.05) is 13.8 Å². The predicted molar refractivity (Wildman–Crippen MR) is 61.4 cm³/mol. The number of nitrogens with two attached hydrogens (primary N) is 1. The van der Waals surface area contributed by atoms with Crippen molar-refractivity contribution in [2.75, 3.05) is 11.1 Å². The summed E-state index contributed by atoms with van der Waals surface area (Å²) in [5.74, 6) is 2.85. The van der Waals surface area contributed by atoms with E-state index in [1.807, 2.05) is 0 Å². The molecule has 82 valence electrons. The molecule has 1 aromatic heterocycles. The van der Waals surface area contributed by atoms with Crippen LogP contribution in [0, 0.1) is 11.8 Å². The zero-order chi connectivity index (χ0) is 10.8. The Balaban J connectivity index is 2.03. The van der Waals surface area contributed by atoms with Crippen LogP contribution in [0.25, 0.3) is 0 Å². The Labute approximate surface area is 90.3 Å². The maximum Gasteiger partial charge on any atom is 0.131 e. The second kappa shape index (κ2) is 4.04. The molecule has 1 aliphatic rings. The molecule has 0 spiro atoms. The number of hydrogen-bond acceptors (Lipinski definition) is 4. The van der Waals surface area contributed by atoms with E-state index in [0.717, 1.165) is 11.7 Å². The van der Waals surface area contributed by atoms with E-state index >= 15 is 0 Å². The maximum atomic E-state index is 5.60. The van der Waals surface area contributed by atoms with Crippen LogP contribution < -0.4 is 11.1 Å². The summed E-state index contributed by atoms with van der Waals surface area (Å²) >= 11 is 0. The standard InChI is InChI=1S/C11H18N4/c1-7-3-4-9(8(7)2)15-11-5-10(12)13-6-14-11/h5-9H,3-4H2,1-2H3,(H3,12,13,14,15). The van der Waals surface area contributed by atoms with Crippen molar-refractivity contribution in [2.45, 2.75) is 32.7 Å². The number of nitrogens with zero attached hydrogens (tertiary/aromatic N) is 2. The summed E-state index contributed by atoms with van der Waals surface area (Å²) in [7, 11) is 0. The highest BCUT2D eigenvalue weighted by Gasteiger charge is 2.29. The second-order valence-electron chi connectivity index (χ2n) is 4.49. The third-order valence-electron chi connectivity index (χ3n) is 3.49. The minimum Gasteiger partial charge on any atom is -0.384 e. The molecule has 0 bridgehead atoms. The lowest BCUT2D eigenvalue weighted by Gasteiger charge is -2.20. The Hall–Kier alpha value is -1.32. The summed E-state index contributed by atoms with van der Waals surface area (Å²) in [5.41, 5.74) is 5.60. The van der Waals surface area contributed by atoms with Gasteiger partial charge < -0.3 is 11.1 Å². The SMILES string of the molecule is CC1CCC(Nc2cc(N)ncn2)C1C. The van der Waals surface area contributed by atoms with Crippen LogP contribution >= 0.6 is 0 Å². The zero-order valence-corrected chi connectivity index (χ0v) is 9.27. The summed E-state index contributed by atoms with van der Waals surface area (Å²) in [5, 5.41) is 3.43. The third-order valence-corrected chi connectivity index (χ3v) is 3.49. The molecule has 3 N–H and O–H groups in total. The fourth-order valence-electron chi connectivity index (χ4n) is 2.21. The highest BCUT2D eigenvalue weighted by Crippen LogP contribution is 2.32. The van der Waals surface area contributed by atoms with Crippen LogP contribution in [0.2, 0.25) is 0 Å². The fraction of sp³-hybridized carbons (Fsp3) is 0.636. The van der Waals surface area contributed by atoms with Gasteiger partial charge in [0.15, 0.2) is 0 Å². The number of nitrogens with one attached hydrogen (secondary N) is 1. The maximum absolute atomic E-state index is 5.60. The van der Waals surface area contributed by atoms with Crippen LogP contribution in [0.5, 0.6) is 0 Å². The van der Waals surface area contributed by atoms with Crippen LogP contribution in [-0.4, -0.2) is 16.0 Å². The Morgan fingerprint density at radius 1 is 1.33 bits per heavy atom. The number of aromatic nitrogens is 2. The molecule has 4 nitrogen and oxygen atoms in total. The summed E-state index contributed by atoms with van der Waals surface area (Å²) < 4.78 is 0. The lowest BCUT2D eigenvalue weighted by Crippen LogP contribution is -2.24. The molecule has 1 saturated carbocycles. The summed E-state index contributed by atoms with van der Waals surface area (Å²) in [6.45, 7) is 4.60. The van der Waals surface area contributed by atoms with Gasteiger partial charge in [-0.15, -0.1) is 0 Å². The van der Waals surface area contributed by atoms with Crippen LogP contribution in [-0.2, 0) is 0 Å². The zero-order valence-electron chi connectivity index (χ0n) is 9.27. The predicted octanol–water partition coefficient (Wildman–Crippen LogP) is 1.91. The highest BCUT2D eigenvalue weighted by atomic mass is 15.1. The van der Waals surface area contributed by atoms with Gasteiger partial charge >= 0.3 is 0 Å². The summed E-state index contributed by atoms with van der Waals surface area (Å²) in [6, 6.07) is 2.31. The molecule has 2 rings (SSSR count). The third kappa shape index (κ3) is 2.19. The number of anilines is 2. The smallest absolute Gasteiger partial charge is 0.131 e. The van der Waals surface area contributed by atoms with Crippen molar-refractivity contribution >= 4 is 11.6 Å². The van der Waals surface area contributed by atoms with Gasteiger partial charge in [-0.3, -0.25) is 0 Å². The minimum atomic E-state index is 0.520. The summed E-state index contributed by atoms with van der Waals surface area (Å²) in [6.07, 6.45) is 4.01. The second-order valence-corrected chi connectivity index (χ2v) is 4.49. The van der Waals surface area contributed by atoms with Crippen molar-refractivity contribution in [3.05, 3.63) is 12.4 Å². The number of rotatable bonds is 2. The molecule has 1 heterocycles. The van der Waals surface area contributed by atoms with Gasteiger partial charge in [0.05, 0.1) is 0 Å². The first-order valence-electron chi connectivity index (χ1n) is 5.51. The van der Waals surface area contributed by atoms with Crippen molar-refractivity contribution in [2.24, 2.45) is 11.8 Å². The average Bonchev–Trinajstić information content (AvgIpc) is 2.50. The Morgan fingerprint density at radius 2 is 2.13 bits per heavy atom. The van der Waals surface area contributed by atoms with Gasteiger partial charge in [0.2, 0.25) is 0 Å². The van der Waals surface area contributed by atoms with Gasteiger partial charge in [-0.2, -0.15) is 0 Å². The van der Waals surface area contributed by atoms with Gasteiger partial charge in [-0.05, 0) is 24.7 Å². The van der Waals surface area contributed by atoms with E-state index in [-0.39, 0.29) is 0 Å². The average molecular weight is 206 g/mol. The molecule has 4 heteroatoms.